The summed E-state index contributed by atoms with van der Waals surface area (Å²) in [7, 11) is 0. The molecule has 0 radical (unpaired) electrons. The first-order chi connectivity index (χ1) is 9.79. The Morgan fingerprint density at radius 3 is 2.70 bits per heavy atom. The van der Waals surface area contributed by atoms with Crippen molar-refractivity contribution in [1.82, 2.24) is 5.32 Å². The summed E-state index contributed by atoms with van der Waals surface area (Å²) in [6.07, 6.45) is 0. The molecule has 2 N–H and O–H groups in total. The van der Waals surface area contributed by atoms with Crippen LogP contribution in [0, 0.1) is 0 Å². The van der Waals surface area contributed by atoms with Crippen LogP contribution >= 0.6 is 23.1 Å². The predicted molar refractivity (Wildman–Crippen MR) is 84.9 cm³/mol. The smallest absolute Gasteiger partial charge is 0.230 e. The zero-order valence-electron chi connectivity index (χ0n) is 11.0. The Balaban J connectivity index is 1.78. The van der Waals surface area contributed by atoms with Crippen molar-refractivity contribution in [2.24, 2.45) is 0 Å². The van der Waals surface area contributed by atoms with Crippen LogP contribution < -0.4 is 5.32 Å². The standard InChI is InChI=1S/C15H17NO2S2/c17-9-14(12-5-2-1-3-6-12)16-15(18)11-19-10-13-7-4-8-20-13/h1-8,14,17H,9-11H2,(H,16,18)/t14-/m0/s1. The molecule has 0 spiro atoms. The van der Waals surface area contributed by atoms with Gasteiger partial charge in [-0.15, -0.1) is 23.1 Å². The molecule has 0 aliphatic carbocycles. The van der Waals surface area contributed by atoms with E-state index in [1.807, 2.05) is 41.8 Å². The van der Waals surface area contributed by atoms with Crippen molar-refractivity contribution in [2.75, 3.05) is 12.4 Å². The van der Waals surface area contributed by atoms with Gasteiger partial charge < -0.3 is 10.4 Å². The molecule has 1 aromatic carbocycles. The molecule has 0 bridgehead atoms. The molecule has 0 aliphatic rings. The molecule has 20 heavy (non-hydrogen) atoms. The maximum Gasteiger partial charge on any atom is 0.230 e. The molecule has 0 fully saturated rings. The Morgan fingerprint density at radius 2 is 2.05 bits per heavy atom. The number of aliphatic hydroxyl groups is 1. The molecular formula is C15H17NO2S2. The highest BCUT2D eigenvalue weighted by Gasteiger charge is 2.13. The number of hydrogen-bond donors (Lipinski definition) is 2. The first kappa shape index (κ1) is 15.1. The number of amides is 1. The Bertz CT molecular complexity index is 514. The van der Waals surface area contributed by atoms with Crippen LogP contribution in [0.15, 0.2) is 47.8 Å². The van der Waals surface area contributed by atoms with E-state index >= 15 is 0 Å². The van der Waals surface area contributed by atoms with Crippen molar-refractivity contribution in [3.05, 3.63) is 58.3 Å². The van der Waals surface area contributed by atoms with Gasteiger partial charge in [-0.2, -0.15) is 0 Å². The highest BCUT2D eigenvalue weighted by atomic mass is 32.2. The van der Waals surface area contributed by atoms with Crippen LogP contribution in [0.2, 0.25) is 0 Å². The SMILES string of the molecule is O=C(CSCc1cccs1)N[C@@H](CO)c1ccccc1. The fourth-order valence-electron chi connectivity index (χ4n) is 1.79. The fraction of sp³-hybridized carbons (Fsp3) is 0.267. The third-order valence-electron chi connectivity index (χ3n) is 2.78. The number of aliphatic hydroxyl groups excluding tert-OH is 1. The summed E-state index contributed by atoms with van der Waals surface area (Å²) < 4.78 is 0. The van der Waals surface area contributed by atoms with Gasteiger partial charge in [0.15, 0.2) is 0 Å². The molecule has 1 aromatic heterocycles. The Kier molecular flexibility index (Phi) is 6.11. The Hall–Kier alpha value is -1.30. The Labute approximate surface area is 127 Å². The zero-order valence-corrected chi connectivity index (χ0v) is 12.6. The van der Waals surface area contributed by atoms with Crippen LogP contribution in [0.25, 0.3) is 0 Å². The van der Waals surface area contributed by atoms with E-state index in [0.717, 1.165) is 11.3 Å². The van der Waals surface area contributed by atoms with Gasteiger partial charge in [-0.1, -0.05) is 36.4 Å². The van der Waals surface area contributed by atoms with Gasteiger partial charge in [0, 0.05) is 10.6 Å². The van der Waals surface area contributed by atoms with Crippen molar-refractivity contribution < 1.29 is 9.90 Å². The average Bonchev–Trinajstić information content (AvgIpc) is 2.99. The number of carbonyl (C=O) groups excluding carboxylic acids is 1. The largest absolute Gasteiger partial charge is 0.394 e. The maximum absolute atomic E-state index is 11.9. The minimum Gasteiger partial charge on any atom is -0.394 e. The molecule has 0 aliphatic heterocycles. The third kappa shape index (κ3) is 4.67. The van der Waals surface area contributed by atoms with E-state index in [9.17, 15) is 9.90 Å². The van der Waals surface area contributed by atoms with Gasteiger partial charge >= 0.3 is 0 Å². The number of benzene rings is 1. The molecule has 5 heteroatoms. The van der Waals surface area contributed by atoms with Crippen molar-refractivity contribution >= 4 is 29.0 Å². The summed E-state index contributed by atoms with van der Waals surface area (Å²) in [4.78, 5) is 13.1. The second kappa shape index (κ2) is 8.09. The van der Waals surface area contributed by atoms with E-state index in [2.05, 4.69) is 11.4 Å². The van der Waals surface area contributed by atoms with E-state index in [-0.39, 0.29) is 18.6 Å². The molecule has 0 unspecified atom stereocenters. The summed E-state index contributed by atoms with van der Waals surface area (Å²) >= 11 is 3.28. The van der Waals surface area contributed by atoms with Crippen LogP contribution in [-0.2, 0) is 10.5 Å². The molecule has 3 nitrogen and oxygen atoms in total. The number of thioether (sulfide) groups is 1. The summed E-state index contributed by atoms with van der Waals surface area (Å²) in [5.74, 6) is 1.20. The lowest BCUT2D eigenvalue weighted by atomic mass is 10.1. The molecule has 1 atom stereocenters. The van der Waals surface area contributed by atoms with Crippen molar-refractivity contribution in [3.8, 4) is 0 Å². The Morgan fingerprint density at radius 1 is 1.25 bits per heavy atom. The number of rotatable bonds is 7. The van der Waals surface area contributed by atoms with E-state index in [1.165, 1.54) is 4.88 Å². The van der Waals surface area contributed by atoms with Gasteiger partial charge in [0.25, 0.3) is 0 Å². The fourth-order valence-corrected chi connectivity index (χ4v) is 3.47. The van der Waals surface area contributed by atoms with Crippen molar-refractivity contribution in [1.29, 1.82) is 0 Å². The topological polar surface area (TPSA) is 49.3 Å². The molecule has 2 aromatic rings. The van der Waals surface area contributed by atoms with Gasteiger partial charge in [-0.25, -0.2) is 0 Å². The van der Waals surface area contributed by atoms with E-state index < -0.39 is 0 Å². The summed E-state index contributed by atoms with van der Waals surface area (Å²) in [6.45, 7) is -0.0919. The lowest BCUT2D eigenvalue weighted by Gasteiger charge is -2.16. The van der Waals surface area contributed by atoms with Crippen LogP contribution in [-0.4, -0.2) is 23.4 Å². The minimum absolute atomic E-state index is 0.0468. The monoisotopic (exact) mass is 307 g/mol. The molecular weight excluding hydrogens is 290 g/mol. The number of hydrogen-bond acceptors (Lipinski definition) is 4. The summed E-state index contributed by atoms with van der Waals surface area (Å²) in [6, 6.07) is 13.3. The van der Waals surface area contributed by atoms with Gasteiger partial charge in [0.1, 0.15) is 0 Å². The number of carbonyl (C=O) groups is 1. The van der Waals surface area contributed by atoms with Crippen molar-refractivity contribution in [3.63, 3.8) is 0 Å². The highest BCUT2D eigenvalue weighted by Crippen LogP contribution is 2.17. The van der Waals surface area contributed by atoms with E-state index in [4.69, 9.17) is 0 Å². The van der Waals surface area contributed by atoms with Crippen LogP contribution in [0.4, 0.5) is 0 Å². The second-order valence-electron chi connectivity index (χ2n) is 4.29. The first-order valence-corrected chi connectivity index (χ1v) is 8.38. The highest BCUT2D eigenvalue weighted by molar-refractivity contribution is 7.99. The third-order valence-corrected chi connectivity index (χ3v) is 4.82. The molecule has 2 rings (SSSR count). The van der Waals surface area contributed by atoms with Gasteiger partial charge in [-0.05, 0) is 17.0 Å². The first-order valence-electron chi connectivity index (χ1n) is 6.35. The number of thiophene rings is 1. The van der Waals surface area contributed by atoms with Gasteiger partial charge in [0.05, 0.1) is 18.4 Å². The second-order valence-corrected chi connectivity index (χ2v) is 6.30. The zero-order chi connectivity index (χ0) is 14.2. The van der Waals surface area contributed by atoms with E-state index in [1.54, 1.807) is 23.1 Å². The molecule has 1 amide bonds. The van der Waals surface area contributed by atoms with Crippen LogP contribution in [0.5, 0.6) is 0 Å². The van der Waals surface area contributed by atoms with Crippen LogP contribution in [0.3, 0.4) is 0 Å². The molecule has 106 valence electrons. The summed E-state index contributed by atoms with van der Waals surface area (Å²) in [5.41, 5.74) is 0.923. The molecule has 0 saturated carbocycles. The molecule has 1 heterocycles. The minimum atomic E-state index is -0.328. The number of nitrogens with one attached hydrogen (secondary N) is 1. The van der Waals surface area contributed by atoms with Gasteiger partial charge in [0.2, 0.25) is 5.91 Å². The van der Waals surface area contributed by atoms with Crippen molar-refractivity contribution in [2.45, 2.75) is 11.8 Å². The maximum atomic E-state index is 11.9. The quantitative estimate of drug-likeness (QED) is 0.827. The lowest BCUT2D eigenvalue weighted by Crippen LogP contribution is -2.32. The van der Waals surface area contributed by atoms with Gasteiger partial charge in [-0.3, -0.25) is 4.79 Å². The average molecular weight is 307 g/mol. The summed E-state index contributed by atoms with van der Waals surface area (Å²) in [5, 5.41) is 14.3. The predicted octanol–water partition coefficient (Wildman–Crippen LogP) is 2.83. The van der Waals surface area contributed by atoms with E-state index in [0.29, 0.717) is 5.75 Å². The van der Waals surface area contributed by atoms with Crippen LogP contribution in [0.1, 0.15) is 16.5 Å². The lowest BCUT2D eigenvalue weighted by molar-refractivity contribution is -0.119. The normalized spacial score (nSPS) is 12.1. The molecule has 0 saturated heterocycles.